The summed E-state index contributed by atoms with van der Waals surface area (Å²) in [4.78, 5) is 30.7. The van der Waals surface area contributed by atoms with Crippen LogP contribution in [0.2, 0.25) is 0 Å². The van der Waals surface area contributed by atoms with Gasteiger partial charge >= 0.3 is 6.18 Å². The summed E-state index contributed by atoms with van der Waals surface area (Å²) in [6.07, 6.45) is -2.86. The van der Waals surface area contributed by atoms with Crippen LogP contribution in [0, 0.1) is 4.77 Å². The Bertz CT molecular complexity index is 1310. The van der Waals surface area contributed by atoms with Gasteiger partial charge in [-0.2, -0.15) is 13.2 Å². The number of benzene rings is 2. The van der Waals surface area contributed by atoms with Gasteiger partial charge in [0.25, 0.3) is 11.5 Å². The Morgan fingerprint density at radius 1 is 1.25 bits per heavy atom. The number of carbonyl (C=O) groups is 1. The van der Waals surface area contributed by atoms with Crippen molar-refractivity contribution in [2.45, 2.75) is 51.5 Å². The second-order valence-electron chi connectivity index (χ2n) is 7.98. The normalized spacial score (nSPS) is 15.0. The van der Waals surface area contributed by atoms with Gasteiger partial charge in [0.05, 0.1) is 22.5 Å². The highest BCUT2D eigenvalue weighted by atomic mass is 32.1. The number of hydrogen-bond donors (Lipinski definition) is 1. The van der Waals surface area contributed by atoms with E-state index in [9.17, 15) is 22.8 Å². The topological polar surface area (TPSA) is 58.1 Å². The van der Waals surface area contributed by atoms with Crippen molar-refractivity contribution >= 4 is 29.0 Å². The summed E-state index contributed by atoms with van der Waals surface area (Å²) in [5, 5.41) is 0.417. The molecule has 1 N–H and O–H groups in total. The Morgan fingerprint density at radius 2 is 1.97 bits per heavy atom. The molecule has 0 unspecified atom stereocenters. The first-order valence-electron chi connectivity index (χ1n) is 10.4. The fourth-order valence-electron chi connectivity index (χ4n) is 3.97. The molecule has 0 radical (unpaired) electrons. The lowest BCUT2D eigenvalue weighted by molar-refractivity contribution is -0.137. The quantitative estimate of drug-likeness (QED) is 0.513. The standard InChI is InChI=1S/C23H22F3N3O2S/c1-3-28-21(31)18-10-7-15(12-19(18)27-22(28)32)20(30)29(17-8-9-17)13(2)14-5-4-6-16(11-14)23(24,25)26/h4-7,10-13,17H,3,8-9H2,1-2H3,(H,27,32)/t13-/m1/s1. The molecule has 168 valence electrons. The maximum Gasteiger partial charge on any atom is 0.416 e. The number of aromatic nitrogens is 2. The van der Waals surface area contributed by atoms with Crippen LogP contribution in [0.3, 0.4) is 0 Å². The van der Waals surface area contributed by atoms with E-state index < -0.39 is 17.8 Å². The third kappa shape index (κ3) is 4.09. The number of alkyl halides is 3. The number of rotatable bonds is 5. The average Bonchev–Trinajstić information content (AvgIpc) is 3.58. The smallest absolute Gasteiger partial charge is 0.332 e. The fraction of sp³-hybridized carbons (Fsp3) is 0.348. The summed E-state index contributed by atoms with van der Waals surface area (Å²) in [7, 11) is 0. The third-order valence-electron chi connectivity index (χ3n) is 5.83. The molecule has 5 nitrogen and oxygen atoms in total. The SMILES string of the molecule is CCn1c(=S)[nH]c2cc(C(=O)N(C3CC3)[C@H](C)c3cccc(C(F)(F)F)c3)ccc2c1=O. The van der Waals surface area contributed by atoms with Crippen LogP contribution in [0.4, 0.5) is 13.2 Å². The van der Waals surface area contributed by atoms with Crippen molar-refractivity contribution < 1.29 is 18.0 Å². The van der Waals surface area contributed by atoms with Gasteiger partial charge in [0.1, 0.15) is 0 Å². The highest BCUT2D eigenvalue weighted by molar-refractivity contribution is 7.71. The summed E-state index contributed by atoms with van der Waals surface area (Å²) in [6.45, 7) is 3.98. The van der Waals surface area contributed by atoms with Crippen LogP contribution in [0.1, 0.15) is 54.2 Å². The predicted molar refractivity (Wildman–Crippen MR) is 118 cm³/mol. The second kappa shape index (κ2) is 8.20. The van der Waals surface area contributed by atoms with Crippen molar-refractivity contribution in [3.05, 3.63) is 74.3 Å². The highest BCUT2D eigenvalue weighted by Crippen LogP contribution is 2.37. The zero-order chi connectivity index (χ0) is 23.2. The molecular weight excluding hydrogens is 439 g/mol. The van der Waals surface area contributed by atoms with Crippen LogP contribution in [-0.4, -0.2) is 26.4 Å². The molecule has 1 amide bonds. The predicted octanol–water partition coefficient (Wildman–Crippen LogP) is 5.46. The van der Waals surface area contributed by atoms with Crippen molar-refractivity contribution in [2.75, 3.05) is 0 Å². The van der Waals surface area contributed by atoms with E-state index in [-0.39, 0.29) is 22.3 Å². The van der Waals surface area contributed by atoms with Crippen molar-refractivity contribution in [3.63, 3.8) is 0 Å². The first-order valence-corrected chi connectivity index (χ1v) is 10.8. The van der Waals surface area contributed by atoms with Gasteiger partial charge in [0, 0.05) is 18.2 Å². The number of amides is 1. The van der Waals surface area contributed by atoms with Crippen molar-refractivity contribution in [2.24, 2.45) is 0 Å². The van der Waals surface area contributed by atoms with Crippen LogP contribution in [0.25, 0.3) is 10.9 Å². The van der Waals surface area contributed by atoms with E-state index in [4.69, 9.17) is 12.2 Å². The van der Waals surface area contributed by atoms with Gasteiger partial charge in [0.15, 0.2) is 4.77 Å². The van der Waals surface area contributed by atoms with Gasteiger partial charge in [-0.05, 0) is 74.8 Å². The molecule has 3 aromatic rings. The van der Waals surface area contributed by atoms with Gasteiger partial charge in [-0.25, -0.2) is 0 Å². The number of nitrogens with zero attached hydrogens (tertiary/aromatic N) is 2. The minimum Gasteiger partial charge on any atom is -0.332 e. The molecule has 2 aromatic carbocycles. The lowest BCUT2D eigenvalue weighted by atomic mass is 10.0. The third-order valence-corrected chi connectivity index (χ3v) is 6.16. The molecule has 1 aliphatic rings. The van der Waals surface area contributed by atoms with Crippen molar-refractivity contribution in [3.8, 4) is 0 Å². The van der Waals surface area contributed by atoms with Gasteiger partial charge in [-0.15, -0.1) is 0 Å². The van der Waals surface area contributed by atoms with Crippen LogP contribution in [-0.2, 0) is 12.7 Å². The van der Waals surface area contributed by atoms with Gasteiger partial charge in [-0.3, -0.25) is 14.2 Å². The van der Waals surface area contributed by atoms with E-state index in [1.807, 2.05) is 6.92 Å². The number of H-pyrrole nitrogens is 1. The molecule has 1 heterocycles. The summed E-state index contributed by atoms with van der Waals surface area (Å²) in [5.74, 6) is -0.293. The maximum absolute atomic E-state index is 13.4. The molecular formula is C23H22F3N3O2S. The molecule has 32 heavy (non-hydrogen) atoms. The molecule has 9 heteroatoms. The zero-order valence-electron chi connectivity index (χ0n) is 17.6. The highest BCUT2D eigenvalue weighted by Gasteiger charge is 2.38. The largest absolute Gasteiger partial charge is 0.416 e. The van der Waals surface area contributed by atoms with Crippen LogP contribution >= 0.6 is 12.2 Å². The monoisotopic (exact) mass is 461 g/mol. The molecule has 1 aromatic heterocycles. The molecule has 0 aliphatic heterocycles. The number of hydrogen-bond acceptors (Lipinski definition) is 3. The van der Waals surface area contributed by atoms with E-state index in [0.29, 0.717) is 28.6 Å². The van der Waals surface area contributed by atoms with E-state index in [1.54, 1.807) is 36.1 Å². The van der Waals surface area contributed by atoms with Gasteiger partial charge in [0.2, 0.25) is 0 Å². The second-order valence-corrected chi connectivity index (χ2v) is 8.37. The van der Waals surface area contributed by atoms with Crippen molar-refractivity contribution in [1.29, 1.82) is 0 Å². The molecule has 1 fully saturated rings. The number of halogens is 3. The Hall–Kier alpha value is -2.94. The van der Waals surface area contributed by atoms with E-state index in [0.717, 1.165) is 25.0 Å². The lowest BCUT2D eigenvalue weighted by Gasteiger charge is -2.30. The van der Waals surface area contributed by atoms with Crippen molar-refractivity contribution in [1.82, 2.24) is 14.5 Å². The van der Waals surface area contributed by atoms with E-state index in [1.165, 1.54) is 10.6 Å². The molecule has 0 spiro atoms. The minimum absolute atomic E-state index is 0.0330. The molecule has 0 saturated heterocycles. The molecule has 1 atom stereocenters. The summed E-state index contributed by atoms with van der Waals surface area (Å²) >= 11 is 5.25. The molecule has 0 bridgehead atoms. The fourth-order valence-corrected chi connectivity index (χ4v) is 4.29. The lowest BCUT2D eigenvalue weighted by Crippen LogP contribution is -2.35. The summed E-state index contributed by atoms with van der Waals surface area (Å²) in [6, 6.07) is 9.26. The Morgan fingerprint density at radius 3 is 2.59 bits per heavy atom. The average molecular weight is 462 g/mol. The zero-order valence-corrected chi connectivity index (χ0v) is 18.4. The van der Waals surface area contributed by atoms with Crippen LogP contribution in [0.15, 0.2) is 47.3 Å². The first-order chi connectivity index (χ1) is 15.1. The number of nitrogens with one attached hydrogen (secondary N) is 1. The molecule has 1 saturated carbocycles. The Labute approximate surface area is 187 Å². The van der Waals surface area contributed by atoms with Gasteiger partial charge in [-0.1, -0.05) is 12.1 Å². The molecule has 1 aliphatic carbocycles. The first kappa shape index (κ1) is 22.3. The maximum atomic E-state index is 13.4. The number of carbonyl (C=O) groups excluding carboxylic acids is 1. The number of aromatic amines is 1. The number of fused-ring (bicyclic) bond motifs is 1. The van der Waals surface area contributed by atoms with E-state index >= 15 is 0 Å². The van der Waals surface area contributed by atoms with Crippen LogP contribution in [0.5, 0.6) is 0 Å². The van der Waals surface area contributed by atoms with E-state index in [2.05, 4.69) is 4.98 Å². The Balaban J connectivity index is 1.72. The summed E-state index contributed by atoms with van der Waals surface area (Å²) in [5.41, 5.74) is 0.254. The summed E-state index contributed by atoms with van der Waals surface area (Å²) < 4.78 is 41.2. The molecule has 4 rings (SSSR count). The minimum atomic E-state index is -4.45. The van der Waals surface area contributed by atoms with Crippen LogP contribution < -0.4 is 5.56 Å². The Kier molecular flexibility index (Phi) is 5.70. The van der Waals surface area contributed by atoms with Gasteiger partial charge < -0.3 is 9.88 Å².